The smallest absolute Gasteiger partial charge is 0.387 e. The number of nitrogens with zero attached hydrogens (tertiary/aromatic N) is 2. The van der Waals surface area contributed by atoms with Crippen molar-refractivity contribution in [1.82, 2.24) is 9.36 Å². The van der Waals surface area contributed by atoms with E-state index in [1.54, 1.807) is 61.1 Å². The van der Waals surface area contributed by atoms with Crippen LogP contribution in [-0.2, 0) is 11.8 Å². The molecule has 4 aromatic carbocycles. The number of nitrogens with one attached hydrogen (secondary N) is 1. The third-order valence-corrected chi connectivity index (χ3v) is 6.78. The van der Waals surface area contributed by atoms with Crippen LogP contribution in [0.15, 0.2) is 114 Å². The minimum absolute atomic E-state index is 0.0731. The van der Waals surface area contributed by atoms with E-state index >= 15 is 0 Å². The van der Waals surface area contributed by atoms with Crippen molar-refractivity contribution in [2.24, 2.45) is 7.05 Å². The predicted octanol–water partition coefficient (Wildman–Crippen LogP) is 6.93. The molecule has 206 valence electrons. The SMILES string of the molecule is Cc1c(NC(=O)C(=Cc2ccccc2OC(F)F)c2ccc(-c3ccccc3)cc2)c(=O)n(-c2ccccc2)n1C. The van der Waals surface area contributed by atoms with Gasteiger partial charge in [0.2, 0.25) is 0 Å². The molecule has 0 aliphatic rings. The van der Waals surface area contributed by atoms with E-state index in [1.165, 1.54) is 16.8 Å². The standard InChI is InChI=1S/C33H27F2N3O3/c1-22-30(32(40)38(37(22)2)27-14-7-4-8-15-27)36-31(39)28(21-26-13-9-10-16-29(26)41-33(34)35)25-19-17-24(18-20-25)23-11-5-3-6-12-23/h3-21,33H,1-2H3,(H,36,39). The fraction of sp³-hybridized carbons (Fsp3) is 0.0909. The monoisotopic (exact) mass is 551 g/mol. The van der Waals surface area contributed by atoms with Crippen molar-refractivity contribution in [3.05, 3.63) is 136 Å². The molecule has 0 unspecified atom stereocenters. The molecule has 0 saturated heterocycles. The number of alkyl halides is 2. The van der Waals surface area contributed by atoms with E-state index in [4.69, 9.17) is 4.74 Å². The highest BCUT2D eigenvalue weighted by Gasteiger charge is 2.21. The maximum atomic E-state index is 13.8. The number of amides is 1. The molecule has 0 atom stereocenters. The van der Waals surface area contributed by atoms with Crippen molar-refractivity contribution >= 4 is 23.2 Å². The Labute approximate surface area is 235 Å². The highest BCUT2D eigenvalue weighted by atomic mass is 19.3. The molecule has 0 bridgehead atoms. The van der Waals surface area contributed by atoms with Gasteiger partial charge >= 0.3 is 6.61 Å². The number of para-hydroxylation sites is 2. The normalized spacial score (nSPS) is 11.5. The van der Waals surface area contributed by atoms with Gasteiger partial charge in [0, 0.05) is 18.2 Å². The van der Waals surface area contributed by atoms with Crippen molar-refractivity contribution in [3.8, 4) is 22.6 Å². The zero-order chi connectivity index (χ0) is 28.9. The van der Waals surface area contributed by atoms with Gasteiger partial charge in [0.05, 0.1) is 11.4 Å². The van der Waals surface area contributed by atoms with Gasteiger partial charge in [-0.15, -0.1) is 0 Å². The molecule has 0 radical (unpaired) electrons. The summed E-state index contributed by atoms with van der Waals surface area (Å²) in [6.07, 6.45) is 1.48. The van der Waals surface area contributed by atoms with Crippen LogP contribution >= 0.6 is 0 Å². The van der Waals surface area contributed by atoms with E-state index < -0.39 is 18.1 Å². The van der Waals surface area contributed by atoms with Gasteiger partial charge in [-0.05, 0) is 47.9 Å². The molecule has 0 spiro atoms. The first-order valence-electron chi connectivity index (χ1n) is 12.9. The second-order valence-electron chi connectivity index (χ2n) is 9.31. The Morgan fingerprint density at radius 2 is 1.41 bits per heavy atom. The lowest BCUT2D eigenvalue weighted by molar-refractivity contribution is -0.111. The van der Waals surface area contributed by atoms with E-state index in [2.05, 4.69) is 5.32 Å². The van der Waals surface area contributed by atoms with E-state index in [1.807, 2.05) is 60.7 Å². The predicted molar refractivity (Wildman–Crippen MR) is 157 cm³/mol. The number of hydrogen-bond donors (Lipinski definition) is 1. The van der Waals surface area contributed by atoms with Gasteiger partial charge in [0.25, 0.3) is 11.5 Å². The van der Waals surface area contributed by atoms with E-state index in [0.29, 0.717) is 16.9 Å². The number of halogens is 2. The maximum Gasteiger partial charge on any atom is 0.387 e. The topological polar surface area (TPSA) is 65.3 Å². The maximum absolute atomic E-state index is 13.8. The number of rotatable bonds is 8. The quantitative estimate of drug-likeness (QED) is 0.168. The van der Waals surface area contributed by atoms with Crippen LogP contribution in [0.5, 0.6) is 5.75 Å². The minimum Gasteiger partial charge on any atom is -0.434 e. The average molecular weight is 552 g/mol. The fourth-order valence-corrected chi connectivity index (χ4v) is 4.60. The molecular formula is C33H27F2N3O3. The summed E-state index contributed by atoms with van der Waals surface area (Å²) in [7, 11) is 1.73. The number of ether oxygens (including phenoxy) is 1. The summed E-state index contributed by atoms with van der Waals surface area (Å²) in [5.41, 5.74) is 3.86. The first-order valence-corrected chi connectivity index (χ1v) is 12.9. The van der Waals surface area contributed by atoms with Gasteiger partial charge < -0.3 is 10.1 Å². The van der Waals surface area contributed by atoms with Gasteiger partial charge in [-0.25, -0.2) is 4.68 Å². The highest BCUT2D eigenvalue weighted by Crippen LogP contribution is 2.29. The number of anilines is 1. The van der Waals surface area contributed by atoms with Crippen molar-refractivity contribution in [3.63, 3.8) is 0 Å². The van der Waals surface area contributed by atoms with Crippen LogP contribution in [0.3, 0.4) is 0 Å². The van der Waals surface area contributed by atoms with E-state index in [0.717, 1.165) is 11.1 Å². The van der Waals surface area contributed by atoms with Crippen LogP contribution in [0, 0.1) is 6.92 Å². The molecule has 0 fully saturated rings. The molecular weight excluding hydrogens is 524 g/mol. The number of carbonyl (C=O) groups excluding carboxylic acids is 1. The Balaban J connectivity index is 1.57. The number of hydrogen-bond acceptors (Lipinski definition) is 3. The molecule has 1 amide bonds. The molecule has 0 aliphatic carbocycles. The van der Waals surface area contributed by atoms with Crippen molar-refractivity contribution in [2.75, 3.05) is 5.32 Å². The molecule has 5 aromatic rings. The lowest BCUT2D eigenvalue weighted by Crippen LogP contribution is -2.23. The third-order valence-electron chi connectivity index (χ3n) is 6.78. The largest absolute Gasteiger partial charge is 0.434 e. The van der Waals surface area contributed by atoms with Gasteiger partial charge in [-0.3, -0.25) is 14.3 Å². The summed E-state index contributed by atoms with van der Waals surface area (Å²) in [5.74, 6) is -0.647. The molecule has 8 heteroatoms. The fourth-order valence-electron chi connectivity index (χ4n) is 4.60. The summed E-state index contributed by atoms with van der Waals surface area (Å²) in [6.45, 7) is -1.30. The number of benzene rings is 4. The average Bonchev–Trinajstić information content (AvgIpc) is 3.20. The Bertz CT molecular complexity index is 1760. The van der Waals surface area contributed by atoms with E-state index in [9.17, 15) is 18.4 Å². The van der Waals surface area contributed by atoms with Crippen molar-refractivity contribution < 1.29 is 18.3 Å². The Kier molecular flexibility index (Phi) is 7.92. The van der Waals surface area contributed by atoms with Gasteiger partial charge in [-0.2, -0.15) is 8.78 Å². The second-order valence-corrected chi connectivity index (χ2v) is 9.31. The van der Waals surface area contributed by atoms with Crippen LogP contribution in [-0.4, -0.2) is 21.9 Å². The van der Waals surface area contributed by atoms with E-state index in [-0.39, 0.29) is 22.6 Å². The summed E-state index contributed by atoms with van der Waals surface area (Å²) >= 11 is 0. The lowest BCUT2D eigenvalue weighted by atomic mass is 9.98. The first-order chi connectivity index (χ1) is 19.8. The molecule has 0 aliphatic heterocycles. The van der Waals surface area contributed by atoms with Gasteiger partial charge in [0.15, 0.2) is 0 Å². The number of carbonyl (C=O) groups is 1. The minimum atomic E-state index is -3.03. The van der Waals surface area contributed by atoms with Crippen LogP contribution < -0.4 is 15.6 Å². The Hall–Kier alpha value is -5.24. The van der Waals surface area contributed by atoms with Gasteiger partial charge in [-0.1, -0.05) is 91.0 Å². The van der Waals surface area contributed by atoms with Crippen LogP contribution in [0.4, 0.5) is 14.5 Å². The second kappa shape index (κ2) is 11.9. The molecule has 0 saturated carbocycles. The van der Waals surface area contributed by atoms with Crippen LogP contribution in [0.1, 0.15) is 16.8 Å². The lowest BCUT2D eigenvalue weighted by Gasteiger charge is -2.12. The Morgan fingerprint density at radius 1 is 0.829 bits per heavy atom. The highest BCUT2D eigenvalue weighted by molar-refractivity contribution is 6.29. The summed E-state index contributed by atoms with van der Waals surface area (Å²) in [6, 6.07) is 32.4. The first kappa shape index (κ1) is 27.3. The van der Waals surface area contributed by atoms with Gasteiger partial charge in [0.1, 0.15) is 11.4 Å². The summed E-state index contributed by atoms with van der Waals surface area (Å²) in [5, 5.41) is 2.78. The third kappa shape index (κ3) is 5.86. The van der Waals surface area contributed by atoms with Crippen LogP contribution in [0.2, 0.25) is 0 Å². The number of aromatic nitrogens is 2. The van der Waals surface area contributed by atoms with Crippen LogP contribution in [0.25, 0.3) is 28.5 Å². The summed E-state index contributed by atoms with van der Waals surface area (Å²) in [4.78, 5) is 27.3. The zero-order valence-electron chi connectivity index (χ0n) is 22.4. The molecule has 1 N–H and O–H groups in total. The zero-order valence-corrected chi connectivity index (χ0v) is 22.4. The molecule has 1 aromatic heterocycles. The molecule has 41 heavy (non-hydrogen) atoms. The Morgan fingerprint density at radius 3 is 2.07 bits per heavy atom. The molecule has 6 nitrogen and oxygen atoms in total. The van der Waals surface area contributed by atoms with Crippen molar-refractivity contribution in [2.45, 2.75) is 13.5 Å². The van der Waals surface area contributed by atoms with Crippen molar-refractivity contribution in [1.29, 1.82) is 0 Å². The summed E-state index contributed by atoms with van der Waals surface area (Å²) < 4.78 is 34.1. The molecule has 1 heterocycles. The molecule has 5 rings (SSSR count).